The van der Waals surface area contributed by atoms with Crippen LogP contribution in [0.25, 0.3) is 10.6 Å². The number of nitrogens with one attached hydrogen (secondary N) is 2. The van der Waals surface area contributed by atoms with E-state index in [0.29, 0.717) is 13.1 Å². The Morgan fingerprint density at radius 1 is 1.39 bits per heavy atom. The zero-order valence-corrected chi connectivity index (χ0v) is 14.3. The monoisotopic (exact) mass is 330 g/mol. The number of carbonyl (C=O) groups excluding carboxylic acids is 1. The van der Waals surface area contributed by atoms with Gasteiger partial charge >= 0.3 is 0 Å². The summed E-state index contributed by atoms with van der Waals surface area (Å²) in [4.78, 5) is 19.1. The number of nitrogens with zero attached hydrogens (tertiary/aromatic N) is 2. The Bertz CT molecular complexity index is 658. The number of aromatic nitrogens is 1. The fourth-order valence-electron chi connectivity index (χ4n) is 2.89. The number of amides is 1. The van der Waals surface area contributed by atoms with Gasteiger partial charge in [0.1, 0.15) is 5.01 Å². The Morgan fingerprint density at radius 3 is 2.91 bits per heavy atom. The van der Waals surface area contributed by atoms with Crippen LogP contribution in [0.3, 0.4) is 0 Å². The van der Waals surface area contributed by atoms with Crippen LogP contribution in [0.2, 0.25) is 0 Å². The van der Waals surface area contributed by atoms with Crippen LogP contribution in [-0.2, 0) is 11.3 Å². The number of hydrogen-bond acceptors (Lipinski definition) is 5. The van der Waals surface area contributed by atoms with Crippen LogP contribution in [0.1, 0.15) is 19.0 Å². The predicted molar refractivity (Wildman–Crippen MR) is 92.7 cm³/mol. The summed E-state index contributed by atoms with van der Waals surface area (Å²) < 4.78 is 0. The molecule has 1 aromatic carbocycles. The Morgan fingerprint density at radius 2 is 2.17 bits per heavy atom. The summed E-state index contributed by atoms with van der Waals surface area (Å²) >= 11 is 1.62. The van der Waals surface area contributed by atoms with E-state index in [0.717, 1.165) is 22.7 Å². The number of hydrogen-bond donors (Lipinski definition) is 2. The predicted octanol–water partition coefficient (Wildman–Crippen LogP) is 2.27. The van der Waals surface area contributed by atoms with E-state index in [2.05, 4.69) is 34.9 Å². The first-order valence-electron chi connectivity index (χ1n) is 7.92. The first-order valence-corrected chi connectivity index (χ1v) is 8.80. The summed E-state index contributed by atoms with van der Waals surface area (Å²) in [5, 5.41) is 3.03. The molecule has 3 rings (SSSR count). The molecule has 6 heteroatoms. The molecular weight excluding hydrogens is 308 g/mol. The van der Waals surface area contributed by atoms with Crippen molar-refractivity contribution in [1.82, 2.24) is 20.7 Å². The molecule has 1 aromatic heterocycles. The van der Waals surface area contributed by atoms with Gasteiger partial charge in [0.15, 0.2) is 0 Å². The second-order valence-corrected chi connectivity index (χ2v) is 6.71. The normalized spacial score (nSPS) is 20.6. The van der Waals surface area contributed by atoms with Gasteiger partial charge in [0.25, 0.3) is 0 Å². The van der Waals surface area contributed by atoms with Crippen molar-refractivity contribution in [1.29, 1.82) is 0 Å². The Labute approximate surface area is 140 Å². The average molecular weight is 330 g/mol. The van der Waals surface area contributed by atoms with Crippen LogP contribution >= 0.6 is 11.3 Å². The minimum absolute atomic E-state index is 0.00257. The molecular formula is C17H22N4OS. The molecule has 2 aromatic rings. The highest BCUT2D eigenvalue weighted by atomic mass is 32.1. The molecule has 0 saturated carbocycles. The zero-order chi connectivity index (χ0) is 16.2. The second-order valence-electron chi connectivity index (χ2n) is 5.85. The van der Waals surface area contributed by atoms with E-state index >= 15 is 0 Å². The van der Waals surface area contributed by atoms with Crippen molar-refractivity contribution in [2.75, 3.05) is 13.6 Å². The van der Waals surface area contributed by atoms with Gasteiger partial charge in [-0.1, -0.05) is 37.3 Å². The van der Waals surface area contributed by atoms with Gasteiger partial charge in [0, 0.05) is 30.6 Å². The van der Waals surface area contributed by atoms with Gasteiger partial charge in [-0.25, -0.2) is 4.98 Å². The minimum Gasteiger partial charge on any atom is -0.339 e. The van der Waals surface area contributed by atoms with Crippen molar-refractivity contribution >= 4 is 17.2 Å². The van der Waals surface area contributed by atoms with E-state index in [9.17, 15) is 4.79 Å². The number of rotatable bonds is 5. The molecule has 0 bridgehead atoms. The van der Waals surface area contributed by atoms with Gasteiger partial charge in [-0.05, 0) is 6.42 Å². The van der Waals surface area contributed by atoms with E-state index in [4.69, 9.17) is 0 Å². The summed E-state index contributed by atoms with van der Waals surface area (Å²) in [6, 6.07) is 10.3. The molecule has 1 aliphatic heterocycles. The second kappa shape index (κ2) is 7.21. The number of benzene rings is 1. The molecule has 5 nitrogen and oxygen atoms in total. The summed E-state index contributed by atoms with van der Waals surface area (Å²) in [6.07, 6.45) is 0.937. The van der Waals surface area contributed by atoms with Crippen LogP contribution in [0, 0.1) is 5.92 Å². The number of hydrazine groups is 1. The maximum atomic E-state index is 12.6. The van der Waals surface area contributed by atoms with E-state index in [-0.39, 0.29) is 17.9 Å². The third kappa shape index (κ3) is 3.60. The van der Waals surface area contributed by atoms with E-state index < -0.39 is 0 Å². The molecule has 122 valence electrons. The molecule has 0 aliphatic carbocycles. The lowest BCUT2D eigenvalue weighted by Crippen LogP contribution is -2.39. The SMILES string of the molecule is CCC1NNCC1C(=O)N(C)Cc1csc(-c2ccccc2)n1. The molecule has 2 N–H and O–H groups in total. The van der Waals surface area contributed by atoms with Gasteiger partial charge in [0.2, 0.25) is 5.91 Å². The quantitative estimate of drug-likeness (QED) is 0.883. The van der Waals surface area contributed by atoms with E-state index in [1.165, 1.54) is 0 Å². The van der Waals surface area contributed by atoms with Crippen molar-refractivity contribution in [2.45, 2.75) is 25.9 Å². The molecule has 0 radical (unpaired) electrons. The van der Waals surface area contributed by atoms with Crippen molar-refractivity contribution < 1.29 is 4.79 Å². The van der Waals surface area contributed by atoms with Gasteiger partial charge in [-0.15, -0.1) is 11.3 Å². The highest BCUT2D eigenvalue weighted by molar-refractivity contribution is 7.13. The maximum absolute atomic E-state index is 12.6. The van der Waals surface area contributed by atoms with Crippen LogP contribution in [-0.4, -0.2) is 35.4 Å². The third-order valence-electron chi connectivity index (χ3n) is 4.20. The molecule has 1 aliphatic rings. The van der Waals surface area contributed by atoms with Crippen molar-refractivity contribution in [2.24, 2.45) is 5.92 Å². The third-order valence-corrected chi connectivity index (χ3v) is 5.14. The van der Waals surface area contributed by atoms with Gasteiger partial charge in [-0.2, -0.15) is 0 Å². The molecule has 2 heterocycles. The highest BCUT2D eigenvalue weighted by Crippen LogP contribution is 2.24. The van der Waals surface area contributed by atoms with Crippen LogP contribution < -0.4 is 10.9 Å². The first kappa shape index (κ1) is 16.1. The molecule has 1 fully saturated rings. The summed E-state index contributed by atoms with van der Waals surface area (Å²) in [6.45, 7) is 3.33. The lowest BCUT2D eigenvalue weighted by molar-refractivity contribution is -0.134. The molecule has 2 atom stereocenters. The summed E-state index contributed by atoms with van der Waals surface area (Å²) in [7, 11) is 1.86. The standard InChI is InChI=1S/C17H22N4OS/c1-3-15-14(9-18-20-15)17(22)21(2)10-13-11-23-16(19-13)12-7-5-4-6-8-12/h4-8,11,14-15,18,20H,3,9-10H2,1-2H3. The summed E-state index contributed by atoms with van der Waals surface area (Å²) in [5.41, 5.74) is 8.32. The molecule has 23 heavy (non-hydrogen) atoms. The van der Waals surface area contributed by atoms with E-state index in [1.807, 2.05) is 30.6 Å². The van der Waals surface area contributed by atoms with Crippen LogP contribution in [0.15, 0.2) is 35.7 Å². The summed E-state index contributed by atoms with van der Waals surface area (Å²) in [5.74, 6) is 0.167. The Kier molecular flexibility index (Phi) is 5.05. The maximum Gasteiger partial charge on any atom is 0.228 e. The Balaban J connectivity index is 1.65. The van der Waals surface area contributed by atoms with Crippen molar-refractivity contribution in [3.05, 3.63) is 41.4 Å². The molecule has 1 saturated heterocycles. The minimum atomic E-state index is -0.00257. The number of carbonyl (C=O) groups is 1. The van der Waals surface area contributed by atoms with Crippen LogP contribution in [0.5, 0.6) is 0 Å². The fourth-order valence-corrected chi connectivity index (χ4v) is 3.70. The zero-order valence-electron chi connectivity index (χ0n) is 13.5. The lowest BCUT2D eigenvalue weighted by atomic mass is 9.98. The van der Waals surface area contributed by atoms with Crippen molar-refractivity contribution in [3.8, 4) is 10.6 Å². The van der Waals surface area contributed by atoms with E-state index in [1.54, 1.807) is 16.2 Å². The van der Waals surface area contributed by atoms with Gasteiger partial charge < -0.3 is 4.90 Å². The molecule has 2 unspecified atom stereocenters. The first-order chi connectivity index (χ1) is 11.2. The lowest BCUT2D eigenvalue weighted by Gasteiger charge is -2.23. The van der Waals surface area contributed by atoms with Crippen molar-refractivity contribution in [3.63, 3.8) is 0 Å². The van der Waals surface area contributed by atoms with Gasteiger partial charge in [0.05, 0.1) is 18.2 Å². The number of thiazole rings is 1. The van der Waals surface area contributed by atoms with Gasteiger partial charge in [-0.3, -0.25) is 15.6 Å². The smallest absolute Gasteiger partial charge is 0.228 e. The largest absolute Gasteiger partial charge is 0.339 e. The average Bonchev–Trinajstić information content (AvgIpc) is 3.23. The molecule has 1 amide bonds. The Hall–Kier alpha value is -1.76. The van der Waals surface area contributed by atoms with Crippen LogP contribution in [0.4, 0.5) is 0 Å². The highest BCUT2D eigenvalue weighted by Gasteiger charge is 2.33. The topological polar surface area (TPSA) is 57.3 Å². The fraction of sp³-hybridized carbons (Fsp3) is 0.412. The molecule has 0 spiro atoms.